The largest absolute Gasteiger partial charge is 0.219 e. The molecule has 5 heteroatoms. The Labute approximate surface area is 80.4 Å². The number of hydrogen-bond donors (Lipinski definition) is 0. The Hall–Kier alpha value is -1.23. The second-order valence-electron chi connectivity index (χ2n) is 3.04. The molecule has 0 aliphatic rings. The summed E-state index contributed by atoms with van der Waals surface area (Å²) in [6.45, 7) is 4.20. The maximum absolute atomic E-state index is 4.20. The van der Waals surface area contributed by atoms with Crippen molar-refractivity contribution in [3.63, 3.8) is 0 Å². The summed E-state index contributed by atoms with van der Waals surface area (Å²) in [7, 11) is 0. The van der Waals surface area contributed by atoms with Crippen molar-refractivity contribution in [2.24, 2.45) is 0 Å². The predicted octanol–water partition coefficient (Wildman–Crippen LogP) is 1.85. The fourth-order valence-corrected chi connectivity index (χ4v) is 1.70. The molecule has 0 atom stereocenters. The molecule has 0 spiro atoms. The highest BCUT2D eigenvalue weighted by Gasteiger charge is 2.10. The summed E-state index contributed by atoms with van der Waals surface area (Å²) >= 11 is 1.42. The van der Waals surface area contributed by atoms with Gasteiger partial charge >= 0.3 is 0 Å². The molecule has 2 aromatic heterocycles. The van der Waals surface area contributed by atoms with Gasteiger partial charge in [-0.1, -0.05) is 13.8 Å². The molecule has 0 aliphatic heterocycles. The Morgan fingerprint density at radius 3 is 2.92 bits per heavy atom. The summed E-state index contributed by atoms with van der Waals surface area (Å²) in [5.41, 5.74) is 0. The zero-order valence-electron chi connectivity index (χ0n) is 7.51. The zero-order chi connectivity index (χ0) is 9.26. The number of rotatable bonds is 2. The molecule has 0 bridgehead atoms. The van der Waals surface area contributed by atoms with Crippen molar-refractivity contribution < 1.29 is 0 Å². The van der Waals surface area contributed by atoms with E-state index >= 15 is 0 Å². The van der Waals surface area contributed by atoms with E-state index in [1.54, 1.807) is 12.5 Å². The second-order valence-corrected chi connectivity index (χ2v) is 3.85. The maximum Gasteiger partial charge on any atom is 0.139 e. The van der Waals surface area contributed by atoms with Gasteiger partial charge < -0.3 is 0 Å². The molecular formula is C8H10N4S. The number of aromatic nitrogens is 4. The minimum atomic E-state index is 0.379. The number of hydrogen-bond acceptors (Lipinski definition) is 4. The highest BCUT2D eigenvalue weighted by Crippen LogP contribution is 2.17. The summed E-state index contributed by atoms with van der Waals surface area (Å²) in [5.74, 6) is 1.36. The average molecular weight is 194 g/mol. The van der Waals surface area contributed by atoms with Gasteiger partial charge in [0.15, 0.2) is 0 Å². The van der Waals surface area contributed by atoms with Gasteiger partial charge in [-0.15, -0.1) is 0 Å². The van der Waals surface area contributed by atoms with Gasteiger partial charge in [0.1, 0.15) is 17.2 Å². The standard InChI is InChI=1S/C8H10N4S/c1-6(2)8-9-5-10-12(8)7-3-4-11-13-7/h3-6H,1-2H3. The molecule has 0 aliphatic carbocycles. The molecule has 0 unspecified atom stereocenters. The normalized spacial score (nSPS) is 11.0. The minimum Gasteiger partial charge on any atom is -0.219 e. The minimum absolute atomic E-state index is 0.379. The lowest BCUT2D eigenvalue weighted by molar-refractivity contribution is 0.720. The molecule has 0 N–H and O–H groups in total. The summed E-state index contributed by atoms with van der Waals surface area (Å²) in [6, 6.07) is 1.94. The van der Waals surface area contributed by atoms with Crippen LogP contribution in [-0.2, 0) is 0 Å². The zero-order valence-corrected chi connectivity index (χ0v) is 8.32. The molecular weight excluding hydrogens is 184 g/mol. The first-order valence-corrected chi connectivity index (χ1v) is 4.87. The monoisotopic (exact) mass is 194 g/mol. The van der Waals surface area contributed by atoms with Gasteiger partial charge in [0.05, 0.1) is 0 Å². The van der Waals surface area contributed by atoms with Gasteiger partial charge in [-0.3, -0.25) is 0 Å². The van der Waals surface area contributed by atoms with Crippen molar-refractivity contribution in [2.45, 2.75) is 19.8 Å². The summed E-state index contributed by atoms with van der Waals surface area (Å²) in [6.07, 6.45) is 3.35. The SMILES string of the molecule is CC(C)c1ncnn1-c1ccns1. The Kier molecular flexibility index (Phi) is 2.10. The molecule has 2 heterocycles. The summed E-state index contributed by atoms with van der Waals surface area (Å²) in [5, 5.41) is 5.17. The van der Waals surface area contributed by atoms with Gasteiger partial charge in [-0.25, -0.2) is 9.67 Å². The lowest BCUT2D eigenvalue weighted by Gasteiger charge is -2.04. The first kappa shape index (κ1) is 8.37. The van der Waals surface area contributed by atoms with Crippen LogP contribution in [0.3, 0.4) is 0 Å². The molecule has 2 aromatic rings. The van der Waals surface area contributed by atoms with Crippen molar-refractivity contribution in [3.8, 4) is 5.00 Å². The van der Waals surface area contributed by atoms with Crippen LogP contribution in [0.4, 0.5) is 0 Å². The van der Waals surface area contributed by atoms with E-state index in [1.807, 2.05) is 10.7 Å². The van der Waals surface area contributed by atoms with Crippen LogP contribution in [0.15, 0.2) is 18.6 Å². The van der Waals surface area contributed by atoms with E-state index in [9.17, 15) is 0 Å². The average Bonchev–Trinajstić information content (AvgIpc) is 2.74. The van der Waals surface area contributed by atoms with E-state index in [4.69, 9.17) is 0 Å². The number of nitrogens with zero attached hydrogens (tertiary/aromatic N) is 4. The van der Waals surface area contributed by atoms with E-state index in [0.29, 0.717) is 5.92 Å². The Morgan fingerprint density at radius 1 is 1.46 bits per heavy atom. The lowest BCUT2D eigenvalue weighted by Crippen LogP contribution is -2.02. The van der Waals surface area contributed by atoms with Crippen LogP contribution < -0.4 is 0 Å². The van der Waals surface area contributed by atoms with E-state index in [1.165, 1.54) is 11.5 Å². The van der Waals surface area contributed by atoms with Crippen molar-refractivity contribution >= 4 is 11.5 Å². The Bertz CT molecular complexity index is 377. The molecule has 68 valence electrons. The molecule has 0 saturated heterocycles. The van der Waals surface area contributed by atoms with E-state index in [0.717, 1.165) is 10.8 Å². The summed E-state index contributed by atoms with van der Waals surface area (Å²) in [4.78, 5) is 4.20. The molecule has 0 saturated carbocycles. The highest BCUT2D eigenvalue weighted by atomic mass is 32.1. The van der Waals surface area contributed by atoms with Gasteiger partial charge in [-0.2, -0.15) is 9.47 Å². The molecule has 4 nitrogen and oxygen atoms in total. The van der Waals surface area contributed by atoms with E-state index in [-0.39, 0.29) is 0 Å². The predicted molar refractivity (Wildman–Crippen MR) is 51.1 cm³/mol. The van der Waals surface area contributed by atoms with Crippen molar-refractivity contribution in [2.75, 3.05) is 0 Å². The Balaban J connectivity index is 2.46. The summed E-state index contributed by atoms with van der Waals surface area (Å²) < 4.78 is 5.87. The van der Waals surface area contributed by atoms with Crippen molar-refractivity contribution in [3.05, 3.63) is 24.4 Å². The molecule has 0 radical (unpaired) electrons. The third-order valence-electron chi connectivity index (χ3n) is 1.72. The molecule has 0 amide bonds. The maximum atomic E-state index is 4.20. The lowest BCUT2D eigenvalue weighted by atomic mass is 10.2. The first-order valence-electron chi connectivity index (χ1n) is 4.10. The van der Waals surface area contributed by atoms with Crippen LogP contribution in [0.2, 0.25) is 0 Å². The van der Waals surface area contributed by atoms with Gasteiger partial charge in [-0.05, 0) is 17.6 Å². The topological polar surface area (TPSA) is 43.6 Å². The molecule has 2 rings (SSSR count). The van der Waals surface area contributed by atoms with Gasteiger partial charge in [0.25, 0.3) is 0 Å². The second kappa shape index (κ2) is 3.26. The fourth-order valence-electron chi connectivity index (χ4n) is 1.13. The molecule has 13 heavy (non-hydrogen) atoms. The molecule has 0 aromatic carbocycles. The third-order valence-corrected chi connectivity index (χ3v) is 2.45. The van der Waals surface area contributed by atoms with Crippen LogP contribution in [0, 0.1) is 0 Å². The van der Waals surface area contributed by atoms with E-state index in [2.05, 4.69) is 28.3 Å². The van der Waals surface area contributed by atoms with Crippen LogP contribution in [-0.4, -0.2) is 19.1 Å². The van der Waals surface area contributed by atoms with Crippen LogP contribution in [0.1, 0.15) is 25.6 Å². The Morgan fingerprint density at radius 2 is 2.31 bits per heavy atom. The van der Waals surface area contributed by atoms with Crippen molar-refractivity contribution in [1.82, 2.24) is 19.1 Å². The molecule has 0 fully saturated rings. The fraction of sp³-hybridized carbons (Fsp3) is 0.375. The quantitative estimate of drug-likeness (QED) is 0.732. The van der Waals surface area contributed by atoms with Gasteiger partial charge in [0.2, 0.25) is 0 Å². The highest BCUT2D eigenvalue weighted by molar-refractivity contribution is 7.08. The van der Waals surface area contributed by atoms with Crippen LogP contribution in [0.25, 0.3) is 5.00 Å². The van der Waals surface area contributed by atoms with Crippen LogP contribution in [0.5, 0.6) is 0 Å². The van der Waals surface area contributed by atoms with E-state index < -0.39 is 0 Å². The first-order chi connectivity index (χ1) is 6.29. The van der Waals surface area contributed by atoms with Gasteiger partial charge in [0, 0.05) is 12.1 Å². The third kappa shape index (κ3) is 1.47. The van der Waals surface area contributed by atoms with Crippen LogP contribution >= 0.6 is 11.5 Å². The smallest absolute Gasteiger partial charge is 0.139 e. The van der Waals surface area contributed by atoms with Crippen molar-refractivity contribution in [1.29, 1.82) is 0 Å².